The maximum atomic E-state index is 11.9. The number of pyridine rings is 2. The lowest BCUT2D eigenvalue weighted by molar-refractivity contribution is -0.118. The number of rotatable bonds is 6. The van der Waals surface area contributed by atoms with Crippen LogP contribution in [0.15, 0.2) is 48.1 Å². The first kappa shape index (κ1) is 19.2. The molecule has 4 rings (SSSR count). The van der Waals surface area contributed by atoms with Crippen molar-refractivity contribution in [3.05, 3.63) is 69.3 Å². The molecule has 0 radical (unpaired) electrons. The number of fused-ring (bicyclic) bond motifs is 1. The Kier molecular flexibility index (Phi) is 5.08. The lowest BCUT2D eigenvalue weighted by Gasteiger charge is -2.34. The van der Waals surface area contributed by atoms with Crippen molar-refractivity contribution in [1.82, 2.24) is 9.97 Å². The van der Waals surface area contributed by atoms with Crippen molar-refractivity contribution >= 4 is 46.3 Å². The van der Waals surface area contributed by atoms with E-state index in [4.69, 9.17) is 17.3 Å². The van der Waals surface area contributed by atoms with Crippen molar-refractivity contribution in [2.24, 2.45) is 5.73 Å². The molecule has 4 N–H and O–H groups in total. The fourth-order valence-electron chi connectivity index (χ4n) is 3.50. The van der Waals surface area contributed by atoms with E-state index < -0.39 is 24.1 Å². The second-order valence-corrected chi connectivity index (χ2v) is 7.80. The number of aromatic nitrogens is 2. The number of thiophene rings is 1. The van der Waals surface area contributed by atoms with E-state index in [2.05, 4.69) is 15.3 Å². The lowest BCUT2D eigenvalue weighted by Crippen LogP contribution is -2.35. The van der Waals surface area contributed by atoms with E-state index in [0.29, 0.717) is 17.1 Å². The maximum Gasteiger partial charge on any atom is 0.338 e. The van der Waals surface area contributed by atoms with Gasteiger partial charge in [0, 0.05) is 17.3 Å². The molecule has 148 valence electrons. The standard InChI is InChI=1S/C19H16ClN5O3S/c20-14-8-10(3-5-22-14)12(9-15(21)26)25-16-11(19(27)28)4-6-23-17(16)24-18(25)13-2-1-7-29-13/h1-8,12,18H,9H2,(H2,21,26)(H,23,24)(H,27,28). The van der Waals surface area contributed by atoms with Gasteiger partial charge in [-0.15, -0.1) is 11.3 Å². The molecule has 4 heterocycles. The molecule has 3 aromatic rings. The predicted molar refractivity (Wildman–Crippen MR) is 110 cm³/mol. The second-order valence-electron chi connectivity index (χ2n) is 6.43. The summed E-state index contributed by atoms with van der Waals surface area (Å²) in [6, 6.07) is 8.09. The second kappa shape index (κ2) is 7.69. The van der Waals surface area contributed by atoms with Crippen molar-refractivity contribution in [1.29, 1.82) is 0 Å². The zero-order chi connectivity index (χ0) is 20.5. The van der Waals surface area contributed by atoms with Crippen LogP contribution in [0.4, 0.5) is 11.5 Å². The van der Waals surface area contributed by atoms with Gasteiger partial charge >= 0.3 is 5.97 Å². The van der Waals surface area contributed by atoms with Gasteiger partial charge in [-0.3, -0.25) is 4.79 Å². The maximum absolute atomic E-state index is 11.9. The van der Waals surface area contributed by atoms with Crippen LogP contribution in [-0.4, -0.2) is 27.0 Å². The summed E-state index contributed by atoms with van der Waals surface area (Å²) in [4.78, 5) is 35.0. The van der Waals surface area contributed by atoms with E-state index in [1.165, 1.54) is 29.8 Å². The minimum atomic E-state index is -1.09. The van der Waals surface area contributed by atoms with Crippen LogP contribution in [0.25, 0.3) is 0 Å². The van der Waals surface area contributed by atoms with Crippen LogP contribution in [-0.2, 0) is 4.79 Å². The molecule has 0 spiro atoms. The molecule has 0 aromatic carbocycles. The molecule has 2 unspecified atom stereocenters. The highest BCUT2D eigenvalue weighted by Gasteiger charge is 2.40. The summed E-state index contributed by atoms with van der Waals surface area (Å²) in [6.07, 6.45) is 2.51. The number of hydrogen-bond donors (Lipinski definition) is 3. The number of nitrogens with two attached hydrogens (primary N) is 1. The fraction of sp³-hybridized carbons (Fsp3) is 0.158. The molecule has 1 aliphatic heterocycles. The highest BCUT2D eigenvalue weighted by atomic mass is 35.5. The Morgan fingerprint density at radius 1 is 1.31 bits per heavy atom. The van der Waals surface area contributed by atoms with E-state index in [0.717, 1.165) is 4.88 Å². The normalized spacial score (nSPS) is 16.2. The minimum absolute atomic E-state index is 0.0444. The molecule has 0 bridgehead atoms. The average molecular weight is 430 g/mol. The number of carboxylic acids is 1. The largest absolute Gasteiger partial charge is 0.478 e. The van der Waals surface area contributed by atoms with Gasteiger partial charge < -0.3 is 21.1 Å². The molecule has 0 aliphatic carbocycles. The number of nitrogens with zero attached hydrogens (tertiary/aromatic N) is 3. The molecule has 1 aliphatic rings. The third-order valence-corrected chi connectivity index (χ3v) is 5.77. The van der Waals surface area contributed by atoms with Crippen LogP contribution >= 0.6 is 22.9 Å². The molecule has 0 saturated carbocycles. The number of anilines is 2. The van der Waals surface area contributed by atoms with Crippen molar-refractivity contribution in [3.63, 3.8) is 0 Å². The Labute approximate surface area is 175 Å². The van der Waals surface area contributed by atoms with E-state index >= 15 is 0 Å². The molecule has 8 nitrogen and oxygen atoms in total. The Morgan fingerprint density at radius 2 is 2.10 bits per heavy atom. The van der Waals surface area contributed by atoms with Crippen molar-refractivity contribution in [2.45, 2.75) is 18.6 Å². The van der Waals surface area contributed by atoms with Gasteiger partial charge in [-0.25, -0.2) is 14.8 Å². The van der Waals surface area contributed by atoms with Gasteiger partial charge in [-0.2, -0.15) is 0 Å². The summed E-state index contributed by atoms with van der Waals surface area (Å²) in [7, 11) is 0. The molecule has 2 atom stereocenters. The number of carbonyl (C=O) groups is 2. The Balaban J connectivity index is 1.92. The number of halogens is 1. The molecular weight excluding hydrogens is 414 g/mol. The zero-order valence-electron chi connectivity index (χ0n) is 14.9. The summed E-state index contributed by atoms with van der Waals surface area (Å²) in [5.41, 5.74) is 6.73. The van der Waals surface area contributed by atoms with Gasteiger partial charge in [0.1, 0.15) is 11.3 Å². The molecule has 3 aromatic heterocycles. The quantitative estimate of drug-likeness (QED) is 0.513. The predicted octanol–water partition coefficient (Wildman–Crippen LogP) is 3.44. The van der Waals surface area contributed by atoms with E-state index in [1.54, 1.807) is 12.1 Å². The third kappa shape index (κ3) is 3.62. The summed E-state index contributed by atoms with van der Waals surface area (Å²) >= 11 is 7.59. The van der Waals surface area contributed by atoms with Crippen LogP contribution in [0.3, 0.4) is 0 Å². The summed E-state index contributed by atoms with van der Waals surface area (Å²) in [5, 5.41) is 15.2. The molecular formula is C19H16ClN5O3S. The number of carboxylic acid groups (broad SMARTS) is 1. The summed E-state index contributed by atoms with van der Waals surface area (Å²) < 4.78 is 0. The first-order valence-corrected chi connectivity index (χ1v) is 9.92. The topological polar surface area (TPSA) is 121 Å². The highest BCUT2D eigenvalue weighted by molar-refractivity contribution is 7.10. The van der Waals surface area contributed by atoms with E-state index in [1.807, 2.05) is 22.4 Å². The molecule has 0 fully saturated rings. The van der Waals surface area contributed by atoms with Crippen LogP contribution in [0.5, 0.6) is 0 Å². The van der Waals surface area contributed by atoms with Gasteiger partial charge in [0.15, 0.2) is 5.82 Å². The number of aromatic carboxylic acids is 1. The summed E-state index contributed by atoms with van der Waals surface area (Å²) in [6.45, 7) is 0. The first-order chi connectivity index (χ1) is 14.0. The number of nitrogens with one attached hydrogen (secondary N) is 1. The van der Waals surface area contributed by atoms with E-state index in [-0.39, 0.29) is 17.1 Å². The minimum Gasteiger partial charge on any atom is -0.478 e. The first-order valence-electron chi connectivity index (χ1n) is 8.66. The van der Waals surface area contributed by atoms with Crippen LogP contribution < -0.4 is 16.0 Å². The Bertz CT molecular complexity index is 1080. The highest BCUT2D eigenvalue weighted by Crippen LogP contribution is 2.48. The molecule has 10 heteroatoms. The fourth-order valence-corrected chi connectivity index (χ4v) is 4.46. The van der Waals surface area contributed by atoms with Crippen LogP contribution in [0.2, 0.25) is 5.15 Å². The lowest BCUT2D eigenvalue weighted by atomic mass is 10.0. The SMILES string of the molecule is NC(=O)CC(c1ccnc(Cl)c1)N1c2c(C(=O)O)ccnc2NC1c1cccs1. The Morgan fingerprint density at radius 3 is 2.76 bits per heavy atom. The molecule has 1 amide bonds. The van der Waals surface area contributed by atoms with E-state index in [9.17, 15) is 14.7 Å². The number of primary amides is 1. The molecule has 29 heavy (non-hydrogen) atoms. The number of amides is 1. The monoisotopic (exact) mass is 429 g/mol. The molecule has 0 saturated heterocycles. The van der Waals surface area contributed by atoms with Crippen molar-refractivity contribution in [3.8, 4) is 0 Å². The number of carbonyl (C=O) groups excluding carboxylic acids is 1. The average Bonchev–Trinajstić information content (AvgIpc) is 3.33. The van der Waals surface area contributed by atoms with Gasteiger partial charge in [0.2, 0.25) is 5.91 Å². The van der Waals surface area contributed by atoms with Gasteiger partial charge in [0.05, 0.1) is 23.7 Å². The summed E-state index contributed by atoms with van der Waals surface area (Å²) in [5.74, 6) is -1.19. The van der Waals surface area contributed by atoms with Crippen LogP contribution in [0, 0.1) is 0 Å². The van der Waals surface area contributed by atoms with Gasteiger partial charge in [-0.1, -0.05) is 17.7 Å². The Hall–Kier alpha value is -3.17. The smallest absolute Gasteiger partial charge is 0.338 e. The van der Waals surface area contributed by atoms with Crippen LogP contribution in [0.1, 0.15) is 39.4 Å². The van der Waals surface area contributed by atoms with Crippen molar-refractivity contribution < 1.29 is 14.7 Å². The van der Waals surface area contributed by atoms with Gasteiger partial charge in [0.25, 0.3) is 0 Å². The third-order valence-electron chi connectivity index (χ3n) is 4.64. The van der Waals surface area contributed by atoms with Crippen molar-refractivity contribution in [2.75, 3.05) is 10.2 Å². The number of hydrogen-bond acceptors (Lipinski definition) is 7. The zero-order valence-corrected chi connectivity index (χ0v) is 16.5. The van der Waals surface area contributed by atoms with Gasteiger partial charge in [-0.05, 0) is 35.2 Å².